The predicted octanol–water partition coefficient (Wildman–Crippen LogP) is 3.77. The molecule has 1 aromatic carbocycles. The number of hydrogen-bond donors (Lipinski definition) is 1. The third-order valence-electron chi connectivity index (χ3n) is 2.43. The molecule has 0 atom stereocenters. The van der Waals surface area contributed by atoms with E-state index in [0.717, 1.165) is 11.3 Å². The Labute approximate surface area is 110 Å². The summed E-state index contributed by atoms with van der Waals surface area (Å²) in [6.07, 6.45) is 0.0815. The third-order valence-corrected chi connectivity index (χ3v) is 2.43. The summed E-state index contributed by atoms with van der Waals surface area (Å²) < 4.78 is 5.70. The van der Waals surface area contributed by atoms with E-state index in [1.807, 2.05) is 59.7 Å². The Morgan fingerprint density at radius 1 is 1.28 bits per heavy atom. The van der Waals surface area contributed by atoms with Crippen LogP contribution in [-0.4, -0.2) is 12.0 Å². The van der Waals surface area contributed by atoms with Gasteiger partial charge in [-0.2, -0.15) is 0 Å². The Hall–Kier alpha value is -1.51. The van der Waals surface area contributed by atoms with Gasteiger partial charge in [-0.3, -0.25) is 4.79 Å². The smallest absolute Gasteiger partial charge is 0.229 e. The lowest BCUT2D eigenvalue weighted by Gasteiger charge is -2.20. The second-order valence-electron chi connectivity index (χ2n) is 5.87. The van der Waals surface area contributed by atoms with E-state index in [4.69, 9.17) is 4.74 Å². The second kappa shape index (κ2) is 5.42. The van der Waals surface area contributed by atoms with Crippen LogP contribution in [0.5, 0.6) is 5.75 Å². The largest absolute Gasteiger partial charge is 0.489 e. The number of ether oxygens (including phenoxy) is 1. The predicted molar refractivity (Wildman–Crippen MR) is 75.0 cm³/mol. The van der Waals surface area contributed by atoms with Crippen molar-refractivity contribution < 1.29 is 9.53 Å². The highest BCUT2D eigenvalue weighted by molar-refractivity contribution is 5.95. The molecule has 0 saturated carbocycles. The maximum Gasteiger partial charge on any atom is 0.229 e. The molecule has 3 nitrogen and oxygen atoms in total. The number of carbonyl (C=O) groups excluding carboxylic acids is 1. The van der Waals surface area contributed by atoms with E-state index in [1.54, 1.807) is 0 Å². The molecule has 0 aliphatic rings. The first-order valence-electron chi connectivity index (χ1n) is 6.29. The average Bonchev–Trinajstić information content (AvgIpc) is 2.20. The Morgan fingerprint density at radius 2 is 1.89 bits per heavy atom. The van der Waals surface area contributed by atoms with Gasteiger partial charge in [0.2, 0.25) is 5.91 Å². The van der Waals surface area contributed by atoms with Crippen LogP contribution in [0.25, 0.3) is 0 Å². The Bertz CT molecular complexity index is 431. The van der Waals surface area contributed by atoms with E-state index in [2.05, 4.69) is 5.32 Å². The summed E-state index contributed by atoms with van der Waals surface area (Å²) in [6.45, 7) is 11.6. The van der Waals surface area contributed by atoms with Crippen LogP contribution >= 0.6 is 0 Å². The molecule has 1 N–H and O–H groups in total. The summed E-state index contributed by atoms with van der Waals surface area (Å²) in [5, 5.41) is 2.93. The highest BCUT2D eigenvalue weighted by Crippen LogP contribution is 2.28. The van der Waals surface area contributed by atoms with Crippen LogP contribution in [0, 0.1) is 12.3 Å². The van der Waals surface area contributed by atoms with Crippen LogP contribution in [0.2, 0.25) is 0 Å². The minimum Gasteiger partial charge on any atom is -0.489 e. The summed E-state index contributed by atoms with van der Waals surface area (Å²) in [5.74, 6) is 0.704. The molecule has 0 saturated heterocycles. The number of anilines is 1. The fraction of sp³-hybridized carbons (Fsp3) is 0.533. The quantitative estimate of drug-likeness (QED) is 0.885. The van der Waals surface area contributed by atoms with E-state index in [9.17, 15) is 4.79 Å². The second-order valence-corrected chi connectivity index (χ2v) is 5.87. The Balaban J connectivity index is 2.99. The zero-order valence-corrected chi connectivity index (χ0v) is 12.1. The van der Waals surface area contributed by atoms with Crippen molar-refractivity contribution in [1.29, 1.82) is 0 Å². The number of rotatable bonds is 3. The minimum absolute atomic E-state index is 0.0123. The maximum atomic E-state index is 12.0. The monoisotopic (exact) mass is 249 g/mol. The van der Waals surface area contributed by atoms with Crippen LogP contribution in [0.1, 0.15) is 40.2 Å². The lowest BCUT2D eigenvalue weighted by molar-refractivity contribution is -0.123. The van der Waals surface area contributed by atoms with Crippen molar-refractivity contribution in [2.75, 3.05) is 5.32 Å². The van der Waals surface area contributed by atoms with Crippen molar-refractivity contribution in [3.05, 3.63) is 23.8 Å². The lowest BCUT2D eigenvalue weighted by atomic mass is 9.95. The molecular formula is C15H23NO2. The first-order chi connectivity index (χ1) is 8.20. The van der Waals surface area contributed by atoms with Gasteiger partial charge in [0, 0.05) is 5.41 Å². The molecule has 100 valence electrons. The van der Waals surface area contributed by atoms with E-state index >= 15 is 0 Å². The number of benzene rings is 1. The van der Waals surface area contributed by atoms with Crippen molar-refractivity contribution in [1.82, 2.24) is 0 Å². The molecule has 0 bridgehead atoms. The zero-order chi connectivity index (χ0) is 13.9. The molecule has 18 heavy (non-hydrogen) atoms. The van der Waals surface area contributed by atoms with Gasteiger partial charge < -0.3 is 10.1 Å². The lowest BCUT2D eigenvalue weighted by Crippen LogP contribution is -2.28. The third kappa shape index (κ3) is 4.06. The summed E-state index contributed by atoms with van der Waals surface area (Å²) in [4.78, 5) is 12.0. The molecule has 3 heteroatoms. The number of nitrogens with one attached hydrogen (secondary N) is 1. The topological polar surface area (TPSA) is 38.3 Å². The molecule has 0 fully saturated rings. The molecule has 0 aliphatic heterocycles. The first-order valence-corrected chi connectivity index (χ1v) is 6.29. The van der Waals surface area contributed by atoms with Gasteiger partial charge in [-0.15, -0.1) is 0 Å². The zero-order valence-electron chi connectivity index (χ0n) is 12.1. The number of amides is 1. The summed E-state index contributed by atoms with van der Waals surface area (Å²) in [7, 11) is 0. The molecule has 1 aromatic rings. The molecule has 0 heterocycles. The van der Waals surface area contributed by atoms with E-state index in [1.165, 1.54) is 0 Å². The van der Waals surface area contributed by atoms with Gasteiger partial charge in [-0.1, -0.05) is 26.8 Å². The summed E-state index contributed by atoms with van der Waals surface area (Å²) >= 11 is 0. The van der Waals surface area contributed by atoms with Crippen molar-refractivity contribution in [2.45, 2.75) is 47.6 Å². The molecule has 0 aromatic heterocycles. The summed E-state index contributed by atoms with van der Waals surface area (Å²) in [5.41, 5.74) is 1.41. The number of aryl methyl sites for hydroxylation is 1. The highest BCUT2D eigenvalue weighted by Gasteiger charge is 2.22. The molecule has 0 unspecified atom stereocenters. The standard InChI is InChI=1S/C15H23NO2/c1-10(2)18-13-8-7-11(3)9-12(13)16-14(17)15(4,5)6/h7-10H,1-6H3,(H,16,17). The average molecular weight is 249 g/mol. The molecule has 0 aliphatic carbocycles. The van der Waals surface area contributed by atoms with Gasteiger partial charge in [-0.05, 0) is 38.5 Å². The highest BCUT2D eigenvalue weighted by atomic mass is 16.5. The fourth-order valence-corrected chi connectivity index (χ4v) is 1.41. The van der Waals surface area contributed by atoms with Crippen LogP contribution in [0.3, 0.4) is 0 Å². The fourth-order valence-electron chi connectivity index (χ4n) is 1.41. The maximum absolute atomic E-state index is 12.0. The SMILES string of the molecule is Cc1ccc(OC(C)C)c(NC(=O)C(C)(C)C)c1. The Kier molecular flexibility index (Phi) is 4.38. The molecule has 1 amide bonds. The van der Waals surface area contributed by atoms with Crippen LogP contribution in [0.4, 0.5) is 5.69 Å². The van der Waals surface area contributed by atoms with Crippen molar-refractivity contribution in [3.63, 3.8) is 0 Å². The molecular weight excluding hydrogens is 226 g/mol. The summed E-state index contributed by atoms with van der Waals surface area (Å²) in [6, 6.07) is 5.80. The van der Waals surface area contributed by atoms with Gasteiger partial charge in [0.1, 0.15) is 5.75 Å². The first kappa shape index (κ1) is 14.6. The van der Waals surface area contributed by atoms with E-state index in [-0.39, 0.29) is 12.0 Å². The van der Waals surface area contributed by atoms with Gasteiger partial charge in [0.15, 0.2) is 0 Å². The normalized spacial score (nSPS) is 11.5. The molecule has 1 rings (SSSR count). The van der Waals surface area contributed by atoms with Crippen molar-refractivity contribution >= 4 is 11.6 Å². The van der Waals surface area contributed by atoms with Gasteiger partial charge >= 0.3 is 0 Å². The van der Waals surface area contributed by atoms with E-state index in [0.29, 0.717) is 5.75 Å². The van der Waals surface area contributed by atoms with Crippen LogP contribution in [-0.2, 0) is 4.79 Å². The number of carbonyl (C=O) groups is 1. The van der Waals surface area contributed by atoms with Gasteiger partial charge in [-0.25, -0.2) is 0 Å². The van der Waals surface area contributed by atoms with Gasteiger partial charge in [0.25, 0.3) is 0 Å². The van der Waals surface area contributed by atoms with Crippen LogP contribution in [0.15, 0.2) is 18.2 Å². The molecule has 0 spiro atoms. The van der Waals surface area contributed by atoms with E-state index < -0.39 is 5.41 Å². The van der Waals surface area contributed by atoms with Crippen LogP contribution < -0.4 is 10.1 Å². The number of hydrogen-bond acceptors (Lipinski definition) is 2. The van der Waals surface area contributed by atoms with Crippen molar-refractivity contribution in [3.8, 4) is 5.75 Å². The van der Waals surface area contributed by atoms with Crippen molar-refractivity contribution in [2.24, 2.45) is 5.41 Å². The Morgan fingerprint density at radius 3 is 2.39 bits per heavy atom. The minimum atomic E-state index is -0.418. The van der Waals surface area contributed by atoms with Gasteiger partial charge in [0.05, 0.1) is 11.8 Å². The molecule has 0 radical (unpaired) electrons.